The first-order chi connectivity index (χ1) is 9.61. The van der Waals surface area contributed by atoms with Gasteiger partial charge in [0, 0.05) is 19.5 Å². The third kappa shape index (κ3) is 3.08. The van der Waals surface area contributed by atoms with Crippen LogP contribution in [-0.4, -0.2) is 26.2 Å². The SMILES string of the molecule is CCn1cnnc1CCNc1ccc(F)cc1[N+](=O)[O-]. The van der Waals surface area contributed by atoms with Crippen LogP contribution in [0, 0.1) is 15.9 Å². The highest BCUT2D eigenvalue weighted by molar-refractivity contribution is 5.61. The van der Waals surface area contributed by atoms with Crippen LogP contribution in [0.25, 0.3) is 0 Å². The molecule has 8 heteroatoms. The number of aromatic nitrogens is 3. The molecule has 7 nitrogen and oxygen atoms in total. The number of aryl methyl sites for hydroxylation is 1. The minimum absolute atomic E-state index is 0.276. The average Bonchev–Trinajstić information content (AvgIpc) is 2.87. The van der Waals surface area contributed by atoms with E-state index in [2.05, 4.69) is 15.5 Å². The average molecular weight is 279 g/mol. The largest absolute Gasteiger partial charge is 0.379 e. The molecule has 2 aromatic rings. The third-order valence-corrected chi connectivity index (χ3v) is 2.86. The highest BCUT2D eigenvalue weighted by Crippen LogP contribution is 2.24. The van der Waals surface area contributed by atoms with Crippen molar-refractivity contribution in [2.45, 2.75) is 19.9 Å². The zero-order chi connectivity index (χ0) is 14.5. The Balaban J connectivity index is 2.03. The van der Waals surface area contributed by atoms with Gasteiger partial charge in [-0.05, 0) is 19.1 Å². The van der Waals surface area contributed by atoms with Crippen LogP contribution in [0.3, 0.4) is 0 Å². The fourth-order valence-electron chi connectivity index (χ4n) is 1.85. The van der Waals surface area contributed by atoms with Crippen molar-refractivity contribution in [3.63, 3.8) is 0 Å². The van der Waals surface area contributed by atoms with E-state index in [4.69, 9.17) is 0 Å². The van der Waals surface area contributed by atoms with Gasteiger partial charge in [0.2, 0.25) is 0 Å². The van der Waals surface area contributed by atoms with Gasteiger partial charge in [-0.25, -0.2) is 4.39 Å². The molecular weight excluding hydrogens is 265 g/mol. The lowest BCUT2D eigenvalue weighted by molar-refractivity contribution is -0.384. The highest BCUT2D eigenvalue weighted by atomic mass is 19.1. The van der Waals surface area contributed by atoms with Crippen LogP contribution in [0.1, 0.15) is 12.7 Å². The van der Waals surface area contributed by atoms with Crippen LogP contribution >= 0.6 is 0 Å². The Morgan fingerprint density at radius 3 is 3.00 bits per heavy atom. The molecule has 20 heavy (non-hydrogen) atoms. The Morgan fingerprint density at radius 2 is 2.30 bits per heavy atom. The molecule has 0 aliphatic heterocycles. The number of nitrogens with zero attached hydrogens (tertiary/aromatic N) is 4. The predicted octanol–water partition coefficient (Wildman–Crippen LogP) is 2.00. The summed E-state index contributed by atoms with van der Waals surface area (Å²) in [6.45, 7) is 3.19. The topological polar surface area (TPSA) is 85.9 Å². The van der Waals surface area contributed by atoms with E-state index in [9.17, 15) is 14.5 Å². The quantitative estimate of drug-likeness (QED) is 0.645. The Bertz CT molecular complexity index is 614. The summed E-state index contributed by atoms with van der Waals surface area (Å²) in [5, 5.41) is 21.5. The lowest BCUT2D eigenvalue weighted by atomic mass is 10.2. The van der Waals surface area contributed by atoms with Crippen molar-refractivity contribution in [1.29, 1.82) is 0 Å². The summed E-state index contributed by atoms with van der Waals surface area (Å²) in [4.78, 5) is 10.2. The number of hydrogen-bond acceptors (Lipinski definition) is 5. The Kier molecular flexibility index (Phi) is 4.24. The minimum Gasteiger partial charge on any atom is -0.379 e. The van der Waals surface area contributed by atoms with Gasteiger partial charge in [-0.2, -0.15) is 0 Å². The molecule has 1 N–H and O–H groups in total. The lowest BCUT2D eigenvalue weighted by Gasteiger charge is -2.07. The Hall–Kier alpha value is -2.51. The predicted molar refractivity (Wildman–Crippen MR) is 70.9 cm³/mol. The van der Waals surface area contributed by atoms with Gasteiger partial charge in [0.1, 0.15) is 23.7 Å². The monoisotopic (exact) mass is 279 g/mol. The first-order valence-electron chi connectivity index (χ1n) is 6.16. The molecule has 0 atom stereocenters. The van der Waals surface area contributed by atoms with Crippen molar-refractivity contribution < 1.29 is 9.31 Å². The molecule has 1 aromatic heterocycles. The number of halogens is 1. The first-order valence-corrected chi connectivity index (χ1v) is 6.16. The number of anilines is 1. The summed E-state index contributed by atoms with van der Waals surface area (Å²) < 4.78 is 14.9. The lowest BCUT2D eigenvalue weighted by Crippen LogP contribution is -2.10. The van der Waals surface area contributed by atoms with Crippen molar-refractivity contribution in [2.75, 3.05) is 11.9 Å². The molecule has 0 unspecified atom stereocenters. The van der Waals surface area contributed by atoms with E-state index < -0.39 is 10.7 Å². The van der Waals surface area contributed by atoms with Crippen LogP contribution in [-0.2, 0) is 13.0 Å². The molecule has 0 amide bonds. The fourth-order valence-corrected chi connectivity index (χ4v) is 1.85. The second-order valence-electron chi connectivity index (χ2n) is 4.13. The molecule has 1 aromatic carbocycles. The fraction of sp³-hybridized carbons (Fsp3) is 0.333. The summed E-state index contributed by atoms with van der Waals surface area (Å²) in [6, 6.07) is 3.44. The van der Waals surface area contributed by atoms with Crippen LogP contribution in [0.5, 0.6) is 0 Å². The second-order valence-corrected chi connectivity index (χ2v) is 4.13. The first kappa shape index (κ1) is 13.9. The molecule has 0 radical (unpaired) electrons. The standard InChI is InChI=1S/C12H14FN5O2/c1-2-17-8-15-16-12(17)5-6-14-10-4-3-9(13)7-11(10)18(19)20/h3-4,7-8,14H,2,5-6H2,1H3. The summed E-state index contributed by atoms with van der Waals surface area (Å²) in [5.41, 5.74) is 0.0147. The van der Waals surface area contributed by atoms with Gasteiger partial charge in [-0.3, -0.25) is 10.1 Å². The van der Waals surface area contributed by atoms with E-state index in [0.717, 1.165) is 18.4 Å². The molecule has 2 rings (SSSR count). The number of rotatable bonds is 6. The van der Waals surface area contributed by atoms with E-state index in [-0.39, 0.29) is 5.69 Å². The minimum atomic E-state index is -0.632. The summed E-state index contributed by atoms with van der Waals surface area (Å²) in [7, 11) is 0. The van der Waals surface area contributed by atoms with Crippen molar-refractivity contribution in [3.8, 4) is 0 Å². The molecule has 106 valence electrons. The number of nitro benzene ring substituents is 1. The number of nitro groups is 1. The van der Waals surface area contributed by atoms with Gasteiger partial charge in [-0.1, -0.05) is 0 Å². The molecule has 0 saturated carbocycles. The van der Waals surface area contributed by atoms with Gasteiger partial charge >= 0.3 is 0 Å². The van der Waals surface area contributed by atoms with Crippen molar-refractivity contribution in [2.24, 2.45) is 0 Å². The van der Waals surface area contributed by atoms with Gasteiger partial charge in [0.25, 0.3) is 5.69 Å². The van der Waals surface area contributed by atoms with Crippen molar-refractivity contribution in [3.05, 3.63) is 46.3 Å². The van der Waals surface area contributed by atoms with Gasteiger partial charge in [0.05, 0.1) is 11.0 Å². The normalized spacial score (nSPS) is 10.5. The van der Waals surface area contributed by atoms with Crippen LogP contribution < -0.4 is 5.32 Å². The zero-order valence-electron chi connectivity index (χ0n) is 10.9. The summed E-state index contributed by atoms with van der Waals surface area (Å²) in [5.74, 6) is 0.165. The van der Waals surface area contributed by atoms with Crippen molar-refractivity contribution >= 4 is 11.4 Å². The number of hydrogen-bond donors (Lipinski definition) is 1. The number of benzene rings is 1. The van der Waals surface area contributed by atoms with E-state index in [1.807, 2.05) is 11.5 Å². The highest BCUT2D eigenvalue weighted by Gasteiger charge is 2.14. The Morgan fingerprint density at radius 1 is 1.50 bits per heavy atom. The number of nitrogens with one attached hydrogen (secondary N) is 1. The van der Waals surface area contributed by atoms with Crippen LogP contribution in [0.15, 0.2) is 24.5 Å². The van der Waals surface area contributed by atoms with Crippen molar-refractivity contribution in [1.82, 2.24) is 14.8 Å². The van der Waals surface area contributed by atoms with E-state index in [1.54, 1.807) is 6.33 Å². The molecule has 0 saturated heterocycles. The van der Waals surface area contributed by atoms with E-state index in [0.29, 0.717) is 18.7 Å². The third-order valence-electron chi connectivity index (χ3n) is 2.86. The summed E-state index contributed by atoms with van der Waals surface area (Å²) >= 11 is 0. The van der Waals surface area contributed by atoms with Crippen LogP contribution in [0.4, 0.5) is 15.8 Å². The molecule has 0 bridgehead atoms. The maximum atomic E-state index is 13.0. The maximum absolute atomic E-state index is 13.0. The summed E-state index contributed by atoms with van der Waals surface area (Å²) in [6.07, 6.45) is 2.21. The molecular formula is C12H14FN5O2. The van der Waals surface area contributed by atoms with Gasteiger partial charge < -0.3 is 9.88 Å². The van der Waals surface area contributed by atoms with Gasteiger partial charge in [0.15, 0.2) is 0 Å². The smallest absolute Gasteiger partial charge is 0.295 e. The molecule has 1 heterocycles. The molecule has 0 aliphatic rings. The second kappa shape index (κ2) is 6.09. The van der Waals surface area contributed by atoms with Gasteiger partial charge in [-0.15, -0.1) is 10.2 Å². The molecule has 0 spiro atoms. The maximum Gasteiger partial charge on any atom is 0.295 e. The molecule has 0 aliphatic carbocycles. The zero-order valence-corrected chi connectivity index (χ0v) is 10.9. The Labute approximate surface area is 114 Å². The van der Waals surface area contributed by atoms with E-state index in [1.165, 1.54) is 12.1 Å². The van der Waals surface area contributed by atoms with Crippen LogP contribution in [0.2, 0.25) is 0 Å². The molecule has 0 fully saturated rings. The van der Waals surface area contributed by atoms with E-state index >= 15 is 0 Å².